The number of thiazole rings is 1. The Kier molecular flexibility index (Phi) is 5.46. The molecule has 0 fully saturated rings. The Morgan fingerprint density at radius 2 is 2.36 bits per heavy atom. The van der Waals surface area contributed by atoms with Gasteiger partial charge >= 0.3 is 0 Å². The molecule has 1 aliphatic heterocycles. The SMILES string of the molecule is C=C(/C=C/Cl)Cc1cnc(NC(=O)C2=NN(C)C(=O)CC2)s1. The molecule has 2 amide bonds. The number of allylic oxidation sites excluding steroid dienone is 2. The summed E-state index contributed by atoms with van der Waals surface area (Å²) >= 11 is 6.86. The van der Waals surface area contributed by atoms with Crippen molar-refractivity contribution in [3.63, 3.8) is 0 Å². The summed E-state index contributed by atoms with van der Waals surface area (Å²) in [5, 5.41) is 8.34. The first kappa shape index (κ1) is 16.4. The average molecular weight is 339 g/mol. The molecule has 1 aromatic rings. The first-order valence-corrected chi connectivity index (χ1v) is 7.79. The highest BCUT2D eigenvalue weighted by atomic mass is 35.5. The molecule has 0 aliphatic carbocycles. The predicted octanol–water partition coefficient (Wildman–Crippen LogP) is 2.54. The van der Waals surface area contributed by atoms with Crippen molar-refractivity contribution < 1.29 is 9.59 Å². The van der Waals surface area contributed by atoms with E-state index in [1.165, 1.54) is 28.9 Å². The van der Waals surface area contributed by atoms with Gasteiger partial charge in [0.1, 0.15) is 5.71 Å². The zero-order chi connectivity index (χ0) is 16.1. The second kappa shape index (κ2) is 7.33. The third kappa shape index (κ3) is 4.25. The summed E-state index contributed by atoms with van der Waals surface area (Å²) in [6.07, 6.45) is 4.64. The number of amides is 2. The first-order chi connectivity index (χ1) is 10.5. The van der Waals surface area contributed by atoms with Crippen LogP contribution in [0.2, 0.25) is 0 Å². The number of hydrazone groups is 1. The standard InChI is InChI=1S/C14H15ClN4O2S/c1-9(5-6-15)7-10-8-16-14(22-10)17-13(21)11-3-4-12(20)19(2)18-11/h5-6,8H,1,3-4,7H2,2H3,(H,16,17,21)/b6-5+. The lowest BCUT2D eigenvalue weighted by molar-refractivity contribution is -0.130. The topological polar surface area (TPSA) is 74.7 Å². The molecule has 2 rings (SSSR count). The monoisotopic (exact) mass is 338 g/mol. The van der Waals surface area contributed by atoms with E-state index in [0.29, 0.717) is 23.7 Å². The van der Waals surface area contributed by atoms with E-state index in [2.05, 4.69) is 22.0 Å². The molecule has 0 bridgehead atoms. The maximum atomic E-state index is 12.1. The fourth-order valence-corrected chi connectivity index (χ4v) is 2.86. The minimum Gasteiger partial charge on any atom is -0.297 e. The largest absolute Gasteiger partial charge is 0.297 e. The highest BCUT2D eigenvalue weighted by Crippen LogP contribution is 2.21. The van der Waals surface area contributed by atoms with E-state index in [0.717, 1.165) is 10.5 Å². The molecule has 1 N–H and O–H groups in total. The van der Waals surface area contributed by atoms with Crippen molar-refractivity contribution >= 4 is 45.6 Å². The van der Waals surface area contributed by atoms with Crippen molar-refractivity contribution in [1.82, 2.24) is 9.99 Å². The van der Waals surface area contributed by atoms with Crippen LogP contribution in [0.5, 0.6) is 0 Å². The Bertz CT molecular complexity index is 666. The van der Waals surface area contributed by atoms with E-state index in [1.54, 1.807) is 12.3 Å². The van der Waals surface area contributed by atoms with Gasteiger partial charge in [-0.2, -0.15) is 5.10 Å². The van der Waals surface area contributed by atoms with Crippen LogP contribution >= 0.6 is 22.9 Å². The van der Waals surface area contributed by atoms with Crippen molar-refractivity contribution in [3.8, 4) is 0 Å². The molecule has 1 aromatic heterocycles. The van der Waals surface area contributed by atoms with Gasteiger partial charge in [0.25, 0.3) is 5.91 Å². The van der Waals surface area contributed by atoms with Crippen LogP contribution in [0.3, 0.4) is 0 Å². The van der Waals surface area contributed by atoms with Crippen molar-refractivity contribution in [2.75, 3.05) is 12.4 Å². The lowest BCUT2D eigenvalue weighted by Crippen LogP contribution is -2.34. The van der Waals surface area contributed by atoms with Crippen LogP contribution in [0.15, 0.2) is 35.1 Å². The molecule has 0 saturated carbocycles. The number of anilines is 1. The van der Waals surface area contributed by atoms with Crippen LogP contribution in [0.4, 0.5) is 5.13 Å². The van der Waals surface area contributed by atoms with E-state index in [-0.39, 0.29) is 18.2 Å². The number of carbonyl (C=O) groups excluding carboxylic acids is 2. The average Bonchev–Trinajstić information content (AvgIpc) is 2.89. The maximum absolute atomic E-state index is 12.1. The number of nitrogens with one attached hydrogen (secondary N) is 1. The number of aromatic nitrogens is 1. The lowest BCUT2D eigenvalue weighted by Gasteiger charge is -2.18. The third-order valence-corrected chi connectivity index (χ3v) is 3.98. The Labute approximate surface area is 137 Å². The number of hydrogen-bond acceptors (Lipinski definition) is 5. The van der Waals surface area contributed by atoms with Crippen LogP contribution in [-0.4, -0.2) is 34.6 Å². The van der Waals surface area contributed by atoms with Gasteiger partial charge in [-0.05, 0) is 11.6 Å². The fraction of sp³-hybridized carbons (Fsp3) is 0.286. The highest BCUT2D eigenvalue weighted by Gasteiger charge is 2.22. The van der Waals surface area contributed by atoms with Gasteiger partial charge in [0.2, 0.25) is 5.91 Å². The van der Waals surface area contributed by atoms with E-state index in [4.69, 9.17) is 11.6 Å². The molecule has 0 spiro atoms. The molecule has 1 aliphatic rings. The Hall–Kier alpha value is -1.99. The summed E-state index contributed by atoms with van der Waals surface area (Å²) in [6, 6.07) is 0. The summed E-state index contributed by atoms with van der Waals surface area (Å²) in [7, 11) is 1.53. The number of halogens is 1. The minimum absolute atomic E-state index is 0.0982. The summed E-state index contributed by atoms with van der Waals surface area (Å²) < 4.78 is 0. The van der Waals surface area contributed by atoms with Crippen molar-refractivity contribution in [1.29, 1.82) is 0 Å². The molecule has 8 heteroatoms. The number of rotatable bonds is 5. The minimum atomic E-state index is -0.334. The third-order valence-electron chi connectivity index (χ3n) is 2.94. The molecule has 22 heavy (non-hydrogen) atoms. The zero-order valence-electron chi connectivity index (χ0n) is 12.0. The van der Waals surface area contributed by atoms with Gasteiger partial charge in [0.15, 0.2) is 5.13 Å². The quantitative estimate of drug-likeness (QED) is 0.838. The molecule has 116 valence electrons. The van der Waals surface area contributed by atoms with Crippen LogP contribution in [0.1, 0.15) is 17.7 Å². The Balaban J connectivity index is 1.98. The van der Waals surface area contributed by atoms with E-state index in [1.807, 2.05) is 0 Å². The normalized spacial score (nSPS) is 15.1. The van der Waals surface area contributed by atoms with Crippen LogP contribution in [0, 0.1) is 0 Å². The molecule has 0 saturated heterocycles. The Morgan fingerprint density at radius 3 is 3.05 bits per heavy atom. The van der Waals surface area contributed by atoms with Gasteiger partial charge in [0, 0.05) is 42.9 Å². The maximum Gasteiger partial charge on any atom is 0.273 e. The smallest absolute Gasteiger partial charge is 0.273 e. The van der Waals surface area contributed by atoms with Crippen molar-refractivity contribution in [2.45, 2.75) is 19.3 Å². The summed E-state index contributed by atoms with van der Waals surface area (Å²) in [5.41, 5.74) is 2.59. The van der Waals surface area contributed by atoms with Crippen molar-refractivity contribution in [3.05, 3.63) is 34.8 Å². The van der Waals surface area contributed by atoms with Crippen molar-refractivity contribution in [2.24, 2.45) is 5.10 Å². The molecule has 0 radical (unpaired) electrons. The van der Waals surface area contributed by atoms with Crippen LogP contribution in [-0.2, 0) is 16.0 Å². The van der Waals surface area contributed by atoms with Crippen LogP contribution in [0.25, 0.3) is 0 Å². The van der Waals surface area contributed by atoms with Gasteiger partial charge in [-0.1, -0.05) is 18.2 Å². The summed E-state index contributed by atoms with van der Waals surface area (Å²) in [5.74, 6) is -0.432. The summed E-state index contributed by atoms with van der Waals surface area (Å²) in [6.45, 7) is 3.86. The number of carbonyl (C=O) groups is 2. The van der Waals surface area contributed by atoms with Gasteiger partial charge < -0.3 is 0 Å². The van der Waals surface area contributed by atoms with Gasteiger partial charge in [-0.15, -0.1) is 11.3 Å². The Morgan fingerprint density at radius 1 is 1.59 bits per heavy atom. The fourth-order valence-electron chi connectivity index (χ4n) is 1.82. The summed E-state index contributed by atoms with van der Waals surface area (Å²) in [4.78, 5) is 28.5. The lowest BCUT2D eigenvalue weighted by atomic mass is 10.1. The zero-order valence-corrected chi connectivity index (χ0v) is 13.6. The van der Waals surface area contributed by atoms with E-state index >= 15 is 0 Å². The van der Waals surface area contributed by atoms with E-state index in [9.17, 15) is 9.59 Å². The first-order valence-electron chi connectivity index (χ1n) is 6.54. The van der Waals surface area contributed by atoms with Crippen LogP contribution < -0.4 is 5.32 Å². The second-order valence-corrected chi connectivity index (χ2v) is 6.04. The highest BCUT2D eigenvalue weighted by molar-refractivity contribution is 7.15. The molecule has 2 heterocycles. The molecule has 0 unspecified atom stereocenters. The predicted molar refractivity (Wildman–Crippen MR) is 88.0 cm³/mol. The molecule has 0 aromatic carbocycles. The molecular formula is C14H15ClN4O2S. The number of hydrogen-bond donors (Lipinski definition) is 1. The molecular weight excluding hydrogens is 324 g/mol. The van der Waals surface area contributed by atoms with E-state index < -0.39 is 0 Å². The van der Waals surface area contributed by atoms with Gasteiger partial charge in [0.05, 0.1) is 0 Å². The molecule has 0 atom stereocenters. The molecule has 6 nitrogen and oxygen atoms in total. The van der Waals surface area contributed by atoms with Gasteiger partial charge in [-0.25, -0.2) is 9.99 Å². The second-order valence-electron chi connectivity index (χ2n) is 4.68. The van der Waals surface area contributed by atoms with Gasteiger partial charge in [-0.3, -0.25) is 14.9 Å². The number of nitrogens with zero attached hydrogens (tertiary/aromatic N) is 3.